The van der Waals surface area contributed by atoms with E-state index in [1.54, 1.807) is 53.8 Å². The topological polar surface area (TPSA) is 74.8 Å². The van der Waals surface area contributed by atoms with E-state index in [0.29, 0.717) is 54.0 Å². The zero-order valence-electron chi connectivity index (χ0n) is 17.6. The number of thiazole rings is 1. The SMILES string of the molecule is COc1ccc(C(=O)Nc2nc(CC(=O)N3CCN(c4ccccc4F)CC3)cs2)cc1. The van der Waals surface area contributed by atoms with Crippen LogP contribution in [0, 0.1) is 5.82 Å². The minimum Gasteiger partial charge on any atom is -0.497 e. The van der Waals surface area contributed by atoms with Crippen LogP contribution in [0.3, 0.4) is 0 Å². The number of amides is 2. The quantitative estimate of drug-likeness (QED) is 0.618. The molecule has 1 saturated heterocycles. The van der Waals surface area contributed by atoms with Crippen LogP contribution in [0.5, 0.6) is 5.75 Å². The number of anilines is 2. The van der Waals surface area contributed by atoms with Crippen molar-refractivity contribution in [2.24, 2.45) is 0 Å². The third kappa shape index (κ3) is 5.05. The van der Waals surface area contributed by atoms with Crippen molar-refractivity contribution in [2.45, 2.75) is 6.42 Å². The Bertz CT molecular complexity index is 1090. The molecule has 7 nitrogen and oxygen atoms in total. The molecule has 0 unspecified atom stereocenters. The van der Waals surface area contributed by atoms with Crippen LogP contribution in [0.2, 0.25) is 0 Å². The van der Waals surface area contributed by atoms with Crippen molar-refractivity contribution in [3.63, 3.8) is 0 Å². The Balaban J connectivity index is 1.29. The second kappa shape index (κ2) is 9.78. The van der Waals surface area contributed by atoms with Gasteiger partial charge in [-0.05, 0) is 36.4 Å². The van der Waals surface area contributed by atoms with E-state index >= 15 is 0 Å². The number of carbonyl (C=O) groups excluding carboxylic acids is 2. The highest BCUT2D eigenvalue weighted by molar-refractivity contribution is 7.14. The Labute approximate surface area is 189 Å². The maximum atomic E-state index is 14.0. The summed E-state index contributed by atoms with van der Waals surface area (Å²) in [4.78, 5) is 33.2. The average molecular weight is 455 g/mol. The Morgan fingerprint density at radius 3 is 2.50 bits per heavy atom. The molecule has 4 rings (SSSR count). The fraction of sp³-hybridized carbons (Fsp3) is 0.261. The first-order valence-electron chi connectivity index (χ1n) is 10.2. The maximum absolute atomic E-state index is 14.0. The van der Waals surface area contributed by atoms with Gasteiger partial charge in [-0.3, -0.25) is 14.9 Å². The van der Waals surface area contributed by atoms with Crippen LogP contribution in [-0.2, 0) is 11.2 Å². The Hall–Kier alpha value is -3.46. The molecular formula is C23H23FN4O3S. The van der Waals surface area contributed by atoms with Crippen LogP contribution in [0.15, 0.2) is 53.9 Å². The number of nitrogens with zero attached hydrogens (tertiary/aromatic N) is 3. The number of hydrogen-bond acceptors (Lipinski definition) is 6. The first-order valence-corrected chi connectivity index (χ1v) is 11.1. The number of rotatable bonds is 6. The lowest BCUT2D eigenvalue weighted by Crippen LogP contribution is -2.49. The van der Waals surface area contributed by atoms with Crippen molar-refractivity contribution in [1.82, 2.24) is 9.88 Å². The minimum atomic E-state index is -0.274. The molecule has 2 amide bonds. The molecule has 2 aromatic carbocycles. The van der Waals surface area contributed by atoms with E-state index in [0.717, 1.165) is 0 Å². The summed E-state index contributed by atoms with van der Waals surface area (Å²) in [6.07, 6.45) is 0.161. The van der Waals surface area contributed by atoms with Gasteiger partial charge < -0.3 is 14.5 Å². The number of benzene rings is 2. The molecule has 1 aliphatic rings. The van der Waals surface area contributed by atoms with Crippen molar-refractivity contribution in [1.29, 1.82) is 0 Å². The Morgan fingerprint density at radius 1 is 1.09 bits per heavy atom. The van der Waals surface area contributed by atoms with Crippen LogP contribution >= 0.6 is 11.3 Å². The summed E-state index contributed by atoms with van der Waals surface area (Å²) in [5.41, 5.74) is 1.67. The molecule has 0 saturated carbocycles. The van der Waals surface area contributed by atoms with Crippen LogP contribution in [-0.4, -0.2) is 55.0 Å². The summed E-state index contributed by atoms with van der Waals surface area (Å²) in [5.74, 6) is 0.117. The van der Waals surface area contributed by atoms with Gasteiger partial charge in [0.25, 0.3) is 5.91 Å². The van der Waals surface area contributed by atoms with Crippen LogP contribution in [0.1, 0.15) is 16.1 Å². The summed E-state index contributed by atoms with van der Waals surface area (Å²) >= 11 is 1.28. The molecule has 1 aliphatic heterocycles. The molecular weight excluding hydrogens is 431 g/mol. The third-order valence-electron chi connectivity index (χ3n) is 5.28. The number of hydrogen-bond donors (Lipinski definition) is 1. The highest BCUT2D eigenvalue weighted by Gasteiger charge is 2.23. The molecule has 0 aliphatic carbocycles. The minimum absolute atomic E-state index is 0.0310. The van der Waals surface area contributed by atoms with Gasteiger partial charge in [-0.1, -0.05) is 12.1 Å². The monoisotopic (exact) mass is 454 g/mol. The zero-order valence-corrected chi connectivity index (χ0v) is 18.4. The number of aromatic nitrogens is 1. The van der Waals surface area contributed by atoms with E-state index in [1.807, 2.05) is 11.0 Å². The molecule has 1 N–H and O–H groups in total. The lowest BCUT2D eigenvalue weighted by Gasteiger charge is -2.36. The second-order valence-corrected chi connectivity index (χ2v) is 8.18. The van der Waals surface area contributed by atoms with Gasteiger partial charge in [0, 0.05) is 37.1 Å². The molecule has 32 heavy (non-hydrogen) atoms. The lowest BCUT2D eigenvalue weighted by atomic mass is 10.2. The Kier molecular flexibility index (Phi) is 6.65. The molecule has 166 valence electrons. The van der Waals surface area contributed by atoms with E-state index < -0.39 is 0 Å². The van der Waals surface area contributed by atoms with Gasteiger partial charge in [0.1, 0.15) is 11.6 Å². The number of piperazine rings is 1. The van der Waals surface area contributed by atoms with Gasteiger partial charge in [-0.15, -0.1) is 11.3 Å². The summed E-state index contributed by atoms with van der Waals surface area (Å²) < 4.78 is 19.1. The van der Waals surface area contributed by atoms with Crippen molar-refractivity contribution in [2.75, 3.05) is 43.5 Å². The third-order valence-corrected chi connectivity index (χ3v) is 6.09. The highest BCUT2D eigenvalue weighted by atomic mass is 32.1. The average Bonchev–Trinajstić information content (AvgIpc) is 3.26. The highest BCUT2D eigenvalue weighted by Crippen LogP contribution is 2.21. The fourth-order valence-corrected chi connectivity index (χ4v) is 4.23. The molecule has 3 aromatic rings. The number of para-hydroxylation sites is 1. The van der Waals surface area contributed by atoms with Crippen molar-refractivity contribution in [3.8, 4) is 5.75 Å². The number of halogens is 1. The second-order valence-electron chi connectivity index (χ2n) is 7.32. The molecule has 0 bridgehead atoms. The number of ether oxygens (including phenoxy) is 1. The van der Waals surface area contributed by atoms with Gasteiger partial charge in [0.15, 0.2) is 5.13 Å². The van der Waals surface area contributed by atoms with Gasteiger partial charge >= 0.3 is 0 Å². The summed E-state index contributed by atoms with van der Waals surface area (Å²) in [6, 6.07) is 13.5. The molecule has 9 heteroatoms. The summed E-state index contributed by atoms with van der Waals surface area (Å²) in [6.45, 7) is 2.20. The zero-order chi connectivity index (χ0) is 22.5. The molecule has 0 spiro atoms. The van der Waals surface area contributed by atoms with Crippen LogP contribution < -0.4 is 15.0 Å². The van der Waals surface area contributed by atoms with Crippen molar-refractivity contribution >= 4 is 34.0 Å². The number of carbonyl (C=O) groups is 2. The molecule has 0 atom stereocenters. The first kappa shape index (κ1) is 21.8. The molecule has 1 aromatic heterocycles. The molecule has 0 radical (unpaired) electrons. The smallest absolute Gasteiger partial charge is 0.257 e. The number of nitrogens with one attached hydrogen (secondary N) is 1. The van der Waals surface area contributed by atoms with E-state index in [4.69, 9.17) is 4.74 Å². The van der Waals surface area contributed by atoms with E-state index in [2.05, 4.69) is 10.3 Å². The normalized spacial score (nSPS) is 13.7. The maximum Gasteiger partial charge on any atom is 0.257 e. The summed E-state index contributed by atoms with van der Waals surface area (Å²) in [7, 11) is 1.57. The predicted molar refractivity (Wildman–Crippen MR) is 122 cm³/mol. The summed E-state index contributed by atoms with van der Waals surface area (Å²) in [5, 5.41) is 4.98. The van der Waals surface area contributed by atoms with Gasteiger partial charge in [0.05, 0.1) is 24.9 Å². The molecule has 2 heterocycles. The lowest BCUT2D eigenvalue weighted by molar-refractivity contribution is -0.130. The van der Waals surface area contributed by atoms with E-state index in [9.17, 15) is 14.0 Å². The largest absolute Gasteiger partial charge is 0.497 e. The molecule has 1 fully saturated rings. The van der Waals surface area contributed by atoms with E-state index in [1.165, 1.54) is 17.4 Å². The number of methoxy groups -OCH3 is 1. The van der Waals surface area contributed by atoms with Gasteiger partial charge in [-0.25, -0.2) is 9.37 Å². The van der Waals surface area contributed by atoms with Gasteiger partial charge in [0.2, 0.25) is 5.91 Å². The van der Waals surface area contributed by atoms with Crippen LogP contribution in [0.25, 0.3) is 0 Å². The van der Waals surface area contributed by atoms with Crippen molar-refractivity contribution in [3.05, 3.63) is 71.0 Å². The predicted octanol–water partition coefficient (Wildman–Crippen LogP) is 3.43. The fourth-order valence-electron chi connectivity index (χ4n) is 3.53. The van der Waals surface area contributed by atoms with Gasteiger partial charge in [-0.2, -0.15) is 0 Å². The van der Waals surface area contributed by atoms with Crippen LogP contribution in [0.4, 0.5) is 15.2 Å². The van der Waals surface area contributed by atoms with Crippen molar-refractivity contribution < 1.29 is 18.7 Å². The van der Waals surface area contributed by atoms with E-state index in [-0.39, 0.29) is 24.1 Å². The Morgan fingerprint density at radius 2 is 1.81 bits per heavy atom. The standard InChI is InChI=1S/C23H23FN4O3S/c1-31-18-8-6-16(7-9-18)22(30)26-23-25-17(15-32-23)14-21(29)28-12-10-27(11-13-28)20-5-3-2-4-19(20)24/h2-9,15H,10-14H2,1H3,(H,25,26,30). The first-order chi connectivity index (χ1) is 15.5.